The number of benzene rings is 1. The molecule has 1 saturated heterocycles. The van der Waals surface area contributed by atoms with Gasteiger partial charge in [-0.15, -0.1) is 6.42 Å². The van der Waals surface area contributed by atoms with Crippen LogP contribution < -0.4 is 4.74 Å². The van der Waals surface area contributed by atoms with Crippen molar-refractivity contribution < 1.29 is 9.53 Å². The van der Waals surface area contributed by atoms with Crippen LogP contribution in [0.25, 0.3) is 6.08 Å². The Bertz CT molecular complexity index is 787. The lowest BCUT2D eigenvalue weighted by Gasteiger charge is -2.20. The minimum Gasteiger partial charge on any atom is -0.479 e. The van der Waals surface area contributed by atoms with Gasteiger partial charge in [-0.05, 0) is 108 Å². The molecule has 1 aliphatic rings. The van der Waals surface area contributed by atoms with E-state index in [1.54, 1.807) is 4.90 Å². The largest absolute Gasteiger partial charge is 0.479 e. The number of hydrogen-bond donors (Lipinski definition) is 0. The van der Waals surface area contributed by atoms with Crippen LogP contribution in [-0.2, 0) is 4.79 Å². The normalized spacial score (nSPS) is 17.7. The van der Waals surface area contributed by atoms with Crippen LogP contribution in [0.2, 0.25) is 0 Å². The molecule has 0 aromatic heterocycles. The molecule has 0 saturated carbocycles. The summed E-state index contributed by atoms with van der Waals surface area (Å²) in [7, 11) is 0. The molecule has 1 heterocycles. The molecular weight excluding hydrogens is 574 g/mol. The molecule has 138 valence electrons. The summed E-state index contributed by atoms with van der Waals surface area (Å²) in [6.45, 7) is 8.26. The number of terminal acetylenes is 1. The molecule has 0 bridgehead atoms. The van der Waals surface area contributed by atoms with Gasteiger partial charge in [0.25, 0.3) is 5.91 Å². The maximum atomic E-state index is 12.8. The Hall–Kier alpha value is -0.730. The zero-order valence-electron chi connectivity index (χ0n) is 15.0. The van der Waals surface area contributed by atoms with E-state index in [0.29, 0.717) is 4.91 Å². The van der Waals surface area contributed by atoms with Gasteiger partial charge in [-0.3, -0.25) is 14.7 Å². The van der Waals surface area contributed by atoms with E-state index in [2.05, 4.69) is 56.1 Å². The topological polar surface area (TPSA) is 41.9 Å². The first kappa shape index (κ1) is 21.6. The molecule has 26 heavy (non-hydrogen) atoms. The highest BCUT2D eigenvalue weighted by molar-refractivity contribution is 14.1. The zero-order valence-corrected chi connectivity index (χ0v) is 20.2. The number of amidine groups is 1. The second kappa shape index (κ2) is 9.46. The molecule has 0 N–H and O–H groups in total. The van der Waals surface area contributed by atoms with Crippen LogP contribution in [0.3, 0.4) is 0 Å². The van der Waals surface area contributed by atoms with Crippen LogP contribution >= 0.6 is 56.9 Å². The average Bonchev–Trinajstić information content (AvgIpc) is 2.81. The third kappa shape index (κ3) is 5.16. The number of hydrogen-bond acceptors (Lipinski definition) is 4. The van der Waals surface area contributed by atoms with E-state index in [9.17, 15) is 4.79 Å². The molecule has 1 aromatic rings. The molecule has 7 heteroatoms. The van der Waals surface area contributed by atoms with Gasteiger partial charge in [0.1, 0.15) is 12.4 Å². The Balaban J connectivity index is 2.38. The zero-order chi connectivity index (χ0) is 19.4. The van der Waals surface area contributed by atoms with Gasteiger partial charge in [-0.25, -0.2) is 0 Å². The third-order valence-corrected chi connectivity index (χ3v) is 5.94. The fourth-order valence-corrected chi connectivity index (χ4v) is 5.68. The highest BCUT2D eigenvalue weighted by Crippen LogP contribution is 2.36. The smallest absolute Gasteiger partial charge is 0.266 e. The van der Waals surface area contributed by atoms with E-state index in [0.717, 1.165) is 23.6 Å². The highest BCUT2D eigenvalue weighted by atomic mass is 127. The van der Waals surface area contributed by atoms with E-state index in [1.807, 2.05) is 45.9 Å². The van der Waals surface area contributed by atoms with E-state index < -0.39 is 0 Å². The molecule has 0 spiro atoms. The van der Waals surface area contributed by atoms with Gasteiger partial charge < -0.3 is 4.74 Å². The Morgan fingerprint density at radius 3 is 2.42 bits per heavy atom. The standard InChI is InChI=1S/C19H20I2N2O2S/c1-6-7-25-17-14(20)8-13(9-15(17)21)10-16-18(24)23(12(4)5)19(26-16)22-11(2)3/h1,8-12H,7H2,2-5H3/b16-10+,22-19?. The number of rotatable bonds is 5. The van der Waals surface area contributed by atoms with Crippen molar-refractivity contribution in [1.29, 1.82) is 0 Å². The van der Waals surface area contributed by atoms with Crippen LogP contribution in [-0.4, -0.2) is 34.7 Å². The van der Waals surface area contributed by atoms with E-state index in [4.69, 9.17) is 11.2 Å². The summed E-state index contributed by atoms with van der Waals surface area (Å²) in [5, 5.41) is 0.768. The molecule has 1 aromatic carbocycles. The number of halogens is 2. The summed E-state index contributed by atoms with van der Waals surface area (Å²) in [5.74, 6) is 3.26. The number of carbonyl (C=O) groups excluding carboxylic acids is 1. The van der Waals surface area contributed by atoms with Gasteiger partial charge in [-0.2, -0.15) is 0 Å². The molecule has 0 unspecified atom stereocenters. The lowest BCUT2D eigenvalue weighted by atomic mass is 10.2. The number of thioether (sulfide) groups is 1. The molecule has 1 aliphatic heterocycles. The first-order valence-corrected chi connectivity index (χ1v) is 11.1. The Morgan fingerprint density at radius 2 is 1.92 bits per heavy atom. The van der Waals surface area contributed by atoms with Crippen molar-refractivity contribution in [3.63, 3.8) is 0 Å². The van der Waals surface area contributed by atoms with Crippen molar-refractivity contribution in [2.75, 3.05) is 6.61 Å². The van der Waals surface area contributed by atoms with Crippen molar-refractivity contribution in [3.05, 3.63) is 29.7 Å². The molecule has 4 nitrogen and oxygen atoms in total. The Morgan fingerprint density at radius 1 is 1.31 bits per heavy atom. The van der Waals surface area contributed by atoms with Crippen LogP contribution in [0.4, 0.5) is 0 Å². The minimum atomic E-state index is 0.00192. The number of nitrogens with zero attached hydrogens (tertiary/aromatic N) is 2. The van der Waals surface area contributed by atoms with Crippen LogP contribution in [0.1, 0.15) is 33.3 Å². The van der Waals surface area contributed by atoms with Gasteiger partial charge in [0.15, 0.2) is 5.17 Å². The fraction of sp³-hybridized carbons (Fsp3) is 0.368. The predicted octanol–water partition coefficient (Wildman–Crippen LogP) is 5.00. The second-order valence-electron chi connectivity index (χ2n) is 6.19. The lowest BCUT2D eigenvalue weighted by Crippen LogP contribution is -2.35. The number of aliphatic imine (C=N–C) groups is 1. The molecule has 0 aliphatic carbocycles. The number of ether oxygens (including phenoxy) is 1. The van der Waals surface area contributed by atoms with Gasteiger partial charge in [0.2, 0.25) is 0 Å². The Labute approximate surface area is 186 Å². The van der Waals surface area contributed by atoms with E-state index in [-0.39, 0.29) is 24.6 Å². The van der Waals surface area contributed by atoms with Crippen molar-refractivity contribution in [2.24, 2.45) is 4.99 Å². The quantitative estimate of drug-likeness (QED) is 0.274. The predicted molar refractivity (Wildman–Crippen MR) is 126 cm³/mol. The maximum absolute atomic E-state index is 12.8. The van der Waals surface area contributed by atoms with Gasteiger partial charge in [0.05, 0.1) is 12.0 Å². The highest BCUT2D eigenvalue weighted by Gasteiger charge is 2.35. The van der Waals surface area contributed by atoms with Crippen molar-refractivity contribution in [2.45, 2.75) is 39.8 Å². The number of amides is 1. The van der Waals surface area contributed by atoms with E-state index in [1.165, 1.54) is 11.8 Å². The van der Waals surface area contributed by atoms with Gasteiger partial charge in [0, 0.05) is 12.1 Å². The maximum Gasteiger partial charge on any atom is 0.266 e. The molecule has 0 atom stereocenters. The molecule has 2 rings (SSSR count). The lowest BCUT2D eigenvalue weighted by molar-refractivity contribution is -0.123. The first-order chi connectivity index (χ1) is 12.2. The summed E-state index contributed by atoms with van der Waals surface area (Å²) < 4.78 is 7.52. The third-order valence-electron chi connectivity index (χ3n) is 3.34. The summed E-state index contributed by atoms with van der Waals surface area (Å²) >= 11 is 5.88. The summed E-state index contributed by atoms with van der Waals surface area (Å²) in [5.41, 5.74) is 0.956. The summed E-state index contributed by atoms with van der Waals surface area (Å²) in [6.07, 6.45) is 7.19. The van der Waals surface area contributed by atoms with Gasteiger partial charge in [-0.1, -0.05) is 5.92 Å². The van der Waals surface area contributed by atoms with Crippen molar-refractivity contribution in [3.8, 4) is 18.1 Å². The van der Waals surface area contributed by atoms with E-state index >= 15 is 0 Å². The number of carbonyl (C=O) groups is 1. The molecular formula is C19H20I2N2O2S. The first-order valence-electron chi connectivity index (χ1n) is 8.10. The monoisotopic (exact) mass is 594 g/mol. The average molecular weight is 594 g/mol. The second-order valence-corrected chi connectivity index (χ2v) is 9.52. The molecule has 1 fully saturated rings. The van der Waals surface area contributed by atoms with Gasteiger partial charge >= 0.3 is 0 Å². The fourth-order valence-electron chi connectivity index (χ4n) is 2.32. The molecule has 1 amide bonds. The van der Waals surface area contributed by atoms with Crippen LogP contribution in [0.5, 0.6) is 5.75 Å². The van der Waals surface area contributed by atoms with Crippen LogP contribution in [0.15, 0.2) is 22.0 Å². The van der Waals surface area contributed by atoms with Crippen molar-refractivity contribution >= 4 is 74.1 Å². The molecule has 0 radical (unpaired) electrons. The SMILES string of the molecule is C#CCOc1c(I)cc(/C=C2/SC(=NC(C)C)N(C(C)C)C2=O)cc1I. The summed E-state index contributed by atoms with van der Waals surface area (Å²) in [4.78, 5) is 19.9. The minimum absolute atomic E-state index is 0.00192. The summed E-state index contributed by atoms with van der Waals surface area (Å²) in [6, 6.07) is 4.19. The van der Waals surface area contributed by atoms with Crippen molar-refractivity contribution in [1.82, 2.24) is 4.90 Å². The Kier molecular flexibility index (Phi) is 7.85. The van der Waals surface area contributed by atoms with Crippen LogP contribution in [0, 0.1) is 19.5 Å².